The first-order valence-electron chi connectivity index (χ1n) is 4.90. The number of hydrogen-bond acceptors (Lipinski definition) is 5. The van der Waals surface area contributed by atoms with Crippen molar-refractivity contribution in [1.82, 2.24) is 5.32 Å². The molecule has 11 N–H and O–H groups in total. The molecule has 12 heteroatoms. The van der Waals surface area contributed by atoms with Crippen molar-refractivity contribution >= 4 is 24.2 Å². The first-order valence-corrected chi connectivity index (χ1v) is 4.90. The Balaban J connectivity index is -0.000000297. The van der Waals surface area contributed by atoms with Crippen molar-refractivity contribution in [3.63, 3.8) is 0 Å². The van der Waals surface area contributed by atoms with Crippen molar-refractivity contribution in [2.75, 3.05) is 6.54 Å². The van der Waals surface area contributed by atoms with Crippen LogP contribution in [0.2, 0.25) is 0 Å². The van der Waals surface area contributed by atoms with Gasteiger partial charge in [-0.2, -0.15) is 0 Å². The molecule has 0 spiro atoms. The number of carboxylic acid groups (broad SMARTS) is 5. The highest BCUT2D eigenvalue weighted by atomic mass is 16.6. The molecular weight excluding hydrogens is 280 g/mol. The van der Waals surface area contributed by atoms with Gasteiger partial charge in [0.1, 0.15) is 6.04 Å². The van der Waals surface area contributed by atoms with Crippen LogP contribution in [0, 0.1) is 5.41 Å². The fourth-order valence-electron chi connectivity index (χ4n) is 0.669. The summed E-state index contributed by atoms with van der Waals surface area (Å²) in [6.07, 6.45) is -2.69. The van der Waals surface area contributed by atoms with E-state index in [0.717, 1.165) is 0 Å². The van der Waals surface area contributed by atoms with Crippen LogP contribution in [0.1, 0.15) is 12.8 Å². The number of rotatable bonds is 5. The molecule has 0 heterocycles. The quantitative estimate of drug-likeness (QED) is 0.171. The van der Waals surface area contributed by atoms with Crippen LogP contribution in [-0.2, 0) is 4.79 Å². The minimum absolute atomic E-state index is 0.112. The van der Waals surface area contributed by atoms with Gasteiger partial charge in [0.25, 0.3) is 0 Å². The average Bonchev–Trinajstić information content (AvgIpc) is 2.21. The predicted octanol–water partition coefficient (Wildman–Crippen LogP) is -0.894. The molecule has 0 fully saturated rings. The largest absolute Gasteiger partial charge is 0.503 e. The number of hydrogen-bond donors (Lipinski definition) is 9. The van der Waals surface area contributed by atoms with Gasteiger partial charge < -0.3 is 42.3 Å². The summed E-state index contributed by atoms with van der Waals surface area (Å²) < 4.78 is 0. The fraction of sp³-hybridized carbons (Fsp3) is 0.500. The van der Waals surface area contributed by atoms with Crippen molar-refractivity contribution < 1.29 is 39.9 Å². The van der Waals surface area contributed by atoms with Crippen molar-refractivity contribution in [2.45, 2.75) is 18.9 Å². The van der Waals surface area contributed by atoms with Crippen LogP contribution >= 0.6 is 0 Å². The van der Waals surface area contributed by atoms with Gasteiger partial charge in [0.2, 0.25) is 0 Å². The normalized spacial score (nSPS) is 9.65. The van der Waals surface area contributed by atoms with E-state index >= 15 is 0 Å². The van der Waals surface area contributed by atoms with Gasteiger partial charge >= 0.3 is 18.3 Å². The highest BCUT2D eigenvalue weighted by molar-refractivity contribution is 5.74. The molecule has 0 aliphatic heterocycles. The van der Waals surface area contributed by atoms with Gasteiger partial charge in [-0.1, -0.05) is 0 Å². The number of nitrogens with two attached hydrogens (primary N) is 2. The maximum atomic E-state index is 10.2. The monoisotopic (exact) mass is 298 g/mol. The first-order chi connectivity index (χ1) is 9.00. The smallest absolute Gasteiger partial charge is 0.480 e. The molecule has 1 atom stereocenters. The van der Waals surface area contributed by atoms with Crippen molar-refractivity contribution in [1.29, 1.82) is 5.41 Å². The summed E-state index contributed by atoms with van der Waals surface area (Å²) in [4.78, 5) is 27.3. The Hall–Kier alpha value is -2.76. The third kappa shape index (κ3) is 45.5. The summed E-state index contributed by atoms with van der Waals surface area (Å²) in [5.41, 5.74) is 10.2. The molecule has 0 bridgehead atoms. The molecule has 0 saturated carbocycles. The maximum absolute atomic E-state index is 10.2. The second-order valence-electron chi connectivity index (χ2n) is 2.99. The second kappa shape index (κ2) is 14.3. The van der Waals surface area contributed by atoms with Gasteiger partial charge in [-0.3, -0.25) is 10.2 Å². The molecule has 0 amide bonds. The minimum atomic E-state index is -1.83. The number of aliphatic carboxylic acids is 1. The Morgan fingerprint density at radius 3 is 1.65 bits per heavy atom. The molecule has 0 saturated heterocycles. The molecule has 0 radical (unpaired) electrons. The first kappa shape index (κ1) is 22.4. The summed E-state index contributed by atoms with van der Waals surface area (Å²) in [7, 11) is 0. The number of carbonyl (C=O) groups is 3. The topological polar surface area (TPSA) is 240 Å². The van der Waals surface area contributed by atoms with E-state index in [-0.39, 0.29) is 5.96 Å². The van der Waals surface area contributed by atoms with E-state index in [9.17, 15) is 4.79 Å². The Labute approximate surface area is 113 Å². The van der Waals surface area contributed by atoms with Gasteiger partial charge in [-0.25, -0.2) is 9.59 Å². The summed E-state index contributed by atoms with van der Waals surface area (Å²) in [5, 5.41) is 45.6. The van der Waals surface area contributed by atoms with Crippen LogP contribution < -0.4 is 16.8 Å². The Bertz CT molecular complexity index is 302. The molecule has 12 nitrogen and oxygen atoms in total. The average molecular weight is 298 g/mol. The number of nitrogens with one attached hydrogen (secondary N) is 2. The molecule has 0 aliphatic carbocycles. The highest BCUT2D eigenvalue weighted by Gasteiger charge is 2.09. The minimum Gasteiger partial charge on any atom is -0.480 e. The van der Waals surface area contributed by atoms with E-state index < -0.39 is 24.3 Å². The van der Waals surface area contributed by atoms with Crippen LogP contribution in [0.4, 0.5) is 9.59 Å². The molecule has 0 aromatic heterocycles. The lowest BCUT2D eigenvalue weighted by Crippen LogP contribution is -2.34. The molecule has 0 aliphatic rings. The standard InChI is InChI=1S/C6H14N4O2.2CH2O3/c7-4(5(11)12)2-1-3-10-6(8)9;2*2-1(3)4/h4H,1-3,7H2,(H,11,12)(H4,8,9,10);2*(H2,2,3,4). The predicted molar refractivity (Wildman–Crippen MR) is 66.1 cm³/mol. The van der Waals surface area contributed by atoms with E-state index in [1.165, 1.54) is 0 Å². The van der Waals surface area contributed by atoms with Crippen molar-refractivity contribution in [2.24, 2.45) is 11.5 Å². The number of carboxylic acids is 1. The second-order valence-corrected chi connectivity index (χ2v) is 2.99. The summed E-state index contributed by atoms with van der Waals surface area (Å²) in [6, 6.07) is -0.821. The van der Waals surface area contributed by atoms with Gasteiger partial charge in [0, 0.05) is 6.54 Å². The fourth-order valence-corrected chi connectivity index (χ4v) is 0.669. The highest BCUT2D eigenvalue weighted by Crippen LogP contribution is 1.92. The zero-order valence-electron chi connectivity index (χ0n) is 10.3. The third-order valence-corrected chi connectivity index (χ3v) is 1.32. The molecule has 0 aromatic rings. The van der Waals surface area contributed by atoms with Gasteiger partial charge in [0.05, 0.1) is 0 Å². The summed E-state index contributed by atoms with van der Waals surface area (Å²) in [5.74, 6) is -1.11. The van der Waals surface area contributed by atoms with Gasteiger partial charge in [-0.15, -0.1) is 0 Å². The molecule has 1 unspecified atom stereocenters. The SMILES string of the molecule is N=C(N)NCCCC(N)C(=O)O.O=C(O)O.O=C(O)O. The maximum Gasteiger partial charge on any atom is 0.503 e. The van der Waals surface area contributed by atoms with Crippen LogP contribution in [0.25, 0.3) is 0 Å². The summed E-state index contributed by atoms with van der Waals surface area (Å²) in [6.45, 7) is 0.482. The zero-order chi connectivity index (χ0) is 16.7. The molecule has 0 aromatic carbocycles. The van der Waals surface area contributed by atoms with E-state index in [2.05, 4.69) is 5.32 Å². The Morgan fingerprint density at radius 2 is 1.40 bits per heavy atom. The Morgan fingerprint density at radius 1 is 1.05 bits per heavy atom. The lowest BCUT2D eigenvalue weighted by molar-refractivity contribution is -0.138. The van der Waals surface area contributed by atoms with Crippen LogP contribution in [0.15, 0.2) is 0 Å². The van der Waals surface area contributed by atoms with E-state index in [4.69, 9.17) is 52.0 Å². The van der Waals surface area contributed by atoms with Crippen LogP contribution in [-0.4, -0.2) is 62.4 Å². The lowest BCUT2D eigenvalue weighted by Gasteiger charge is -2.06. The lowest BCUT2D eigenvalue weighted by atomic mass is 10.2. The van der Waals surface area contributed by atoms with Gasteiger partial charge in [-0.05, 0) is 12.8 Å². The van der Waals surface area contributed by atoms with E-state index in [1.54, 1.807) is 0 Å². The molecule has 20 heavy (non-hydrogen) atoms. The van der Waals surface area contributed by atoms with Crippen molar-refractivity contribution in [3.05, 3.63) is 0 Å². The van der Waals surface area contributed by atoms with Crippen LogP contribution in [0.5, 0.6) is 0 Å². The molecular formula is C8H18N4O8. The van der Waals surface area contributed by atoms with Crippen LogP contribution in [0.3, 0.4) is 0 Å². The number of guanidine groups is 1. The zero-order valence-corrected chi connectivity index (χ0v) is 10.3. The molecule has 0 rings (SSSR count). The van der Waals surface area contributed by atoms with E-state index in [1.807, 2.05) is 0 Å². The van der Waals surface area contributed by atoms with Crippen molar-refractivity contribution in [3.8, 4) is 0 Å². The summed E-state index contributed by atoms with van der Waals surface area (Å²) >= 11 is 0. The molecule has 118 valence electrons. The third-order valence-electron chi connectivity index (χ3n) is 1.32. The van der Waals surface area contributed by atoms with Gasteiger partial charge in [0.15, 0.2) is 5.96 Å². The van der Waals surface area contributed by atoms with E-state index in [0.29, 0.717) is 19.4 Å². The Kier molecular flexibility index (Phi) is 16.0.